The van der Waals surface area contributed by atoms with Crippen LogP contribution in [0.3, 0.4) is 0 Å². The van der Waals surface area contributed by atoms with E-state index in [0.717, 1.165) is 5.57 Å². The number of amidine groups is 1. The molecule has 1 aromatic rings. The van der Waals surface area contributed by atoms with Crippen molar-refractivity contribution in [3.8, 4) is 6.01 Å². The van der Waals surface area contributed by atoms with Gasteiger partial charge in [0.25, 0.3) is 5.91 Å². The molecule has 0 aliphatic rings. The Morgan fingerprint density at radius 3 is 2.92 bits per heavy atom. The van der Waals surface area contributed by atoms with E-state index in [-0.39, 0.29) is 5.84 Å². The Morgan fingerprint density at radius 2 is 2.33 bits per heavy atom. The van der Waals surface area contributed by atoms with Crippen molar-refractivity contribution in [3.05, 3.63) is 42.5 Å². The first-order valence-electron chi connectivity index (χ1n) is 7.21. The van der Waals surface area contributed by atoms with Crippen molar-refractivity contribution in [3.63, 3.8) is 0 Å². The SMILES string of the molecule is C=C/C(=C\C(=C/C)CNC(=O)C(N)=NC)OCCOc1ncn[nH]1. The molecule has 0 saturated carbocycles. The molecule has 9 nitrogen and oxygen atoms in total. The van der Waals surface area contributed by atoms with E-state index in [1.807, 2.05) is 13.0 Å². The van der Waals surface area contributed by atoms with Gasteiger partial charge in [-0.1, -0.05) is 12.7 Å². The number of aromatic amines is 1. The molecule has 1 aromatic heterocycles. The maximum Gasteiger partial charge on any atom is 0.312 e. The van der Waals surface area contributed by atoms with Crippen LogP contribution in [0.1, 0.15) is 6.92 Å². The number of nitrogens with zero attached hydrogens (tertiary/aromatic N) is 3. The smallest absolute Gasteiger partial charge is 0.312 e. The van der Waals surface area contributed by atoms with Gasteiger partial charge >= 0.3 is 6.01 Å². The fourth-order valence-corrected chi connectivity index (χ4v) is 1.51. The topological polar surface area (TPSA) is 128 Å². The predicted molar refractivity (Wildman–Crippen MR) is 90.4 cm³/mol. The van der Waals surface area contributed by atoms with Gasteiger partial charge in [-0.2, -0.15) is 10.1 Å². The summed E-state index contributed by atoms with van der Waals surface area (Å²) >= 11 is 0. The first-order chi connectivity index (χ1) is 11.6. The zero-order chi connectivity index (χ0) is 17.8. The number of nitrogens with two attached hydrogens (primary N) is 1. The number of nitrogens with one attached hydrogen (secondary N) is 2. The van der Waals surface area contributed by atoms with Gasteiger partial charge in [0.05, 0.1) is 0 Å². The summed E-state index contributed by atoms with van der Waals surface area (Å²) in [6.45, 7) is 6.44. The van der Waals surface area contributed by atoms with Crippen molar-refractivity contribution in [1.29, 1.82) is 0 Å². The standard InChI is InChI=1S/C15H22N6O3/c1-4-11(9-18-14(22)13(16)17-3)8-12(5-2)23-6-7-24-15-19-10-20-21-15/h4-5,8,10H,2,6-7,9H2,1,3H3,(H2,16,17)(H,18,22)(H,19,20,21)/b11-4+,12-8+. The molecular formula is C15H22N6O3. The second-order valence-electron chi connectivity index (χ2n) is 4.39. The maximum atomic E-state index is 11.6. The van der Waals surface area contributed by atoms with E-state index < -0.39 is 5.91 Å². The van der Waals surface area contributed by atoms with Crippen LogP contribution in [0.4, 0.5) is 0 Å². The van der Waals surface area contributed by atoms with Crippen LogP contribution < -0.4 is 15.8 Å². The second-order valence-corrected chi connectivity index (χ2v) is 4.39. The number of amides is 1. The molecule has 0 unspecified atom stereocenters. The summed E-state index contributed by atoms with van der Waals surface area (Å²) in [6, 6.07) is 0.328. The first kappa shape index (κ1) is 18.9. The summed E-state index contributed by atoms with van der Waals surface area (Å²) in [4.78, 5) is 19.0. The van der Waals surface area contributed by atoms with E-state index in [9.17, 15) is 4.79 Å². The third kappa shape index (κ3) is 6.77. The van der Waals surface area contributed by atoms with Crippen molar-refractivity contribution in [1.82, 2.24) is 20.5 Å². The Kier molecular flexibility index (Phi) is 8.37. The van der Waals surface area contributed by atoms with Gasteiger partial charge in [0.15, 0.2) is 5.84 Å². The highest BCUT2D eigenvalue weighted by Gasteiger charge is 2.06. The van der Waals surface area contributed by atoms with Crippen molar-refractivity contribution in [2.45, 2.75) is 6.92 Å². The minimum absolute atomic E-state index is 0.0702. The fraction of sp³-hybridized carbons (Fsp3) is 0.333. The Labute approximate surface area is 140 Å². The predicted octanol–water partition coefficient (Wildman–Crippen LogP) is 0.320. The first-order valence-corrected chi connectivity index (χ1v) is 7.21. The quantitative estimate of drug-likeness (QED) is 0.196. The molecule has 0 spiro atoms. The summed E-state index contributed by atoms with van der Waals surface area (Å²) in [7, 11) is 1.45. The van der Waals surface area contributed by atoms with Crippen LogP contribution in [-0.4, -0.2) is 53.7 Å². The van der Waals surface area contributed by atoms with Crippen LogP contribution in [0.25, 0.3) is 0 Å². The van der Waals surface area contributed by atoms with Crippen LogP contribution in [0.2, 0.25) is 0 Å². The number of carbonyl (C=O) groups excluding carboxylic acids is 1. The zero-order valence-corrected chi connectivity index (χ0v) is 13.8. The number of carbonyl (C=O) groups is 1. The lowest BCUT2D eigenvalue weighted by Crippen LogP contribution is -2.37. The van der Waals surface area contributed by atoms with Crippen molar-refractivity contribution in [2.75, 3.05) is 26.8 Å². The number of hydrogen-bond donors (Lipinski definition) is 3. The summed E-state index contributed by atoms with van der Waals surface area (Å²) in [5.41, 5.74) is 6.26. The van der Waals surface area contributed by atoms with Crippen LogP contribution in [0.15, 0.2) is 47.5 Å². The Bertz CT molecular complexity index is 619. The molecule has 1 rings (SSSR count). The minimum Gasteiger partial charge on any atom is -0.490 e. The van der Waals surface area contributed by atoms with E-state index in [4.69, 9.17) is 15.2 Å². The number of ether oxygens (including phenoxy) is 2. The van der Waals surface area contributed by atoms with Crippen molar-refractivity contribution >= 4 is 11.7 Å². The third-order valence-corrected chi connectivity index (χ3v) is 2.81. The number of rotatable bonds is 9. The van der Waals surface area contributed by atoms with E-state index in [0.29, 0.717) is 31.5 Å². The molecule has 0 aromatic carbocycles. The fourth-order valence-electron chi connectivity index (χ4n) is 1.51. The van der Waals surface area contributed by atoms with Gasteiger partial charge in [-0.15, -0.1) is 0 Å². The Hall–Kier alpha value is -3.10. The molecule has 9 heteroatoms. The lowest BCUT2D eigenvalue weighted by Gasteiger charge is -2.09. The Morgan fingerprint density at radius 1 is 1.54 bits per heavy atom. The van der Waals surface area contributed by atoms with Gasteiger partial charge in [0.2, 0.25) is 0 Å². The van der Waals surface area contributed by atoms with Gasteiger partial charge in [-0.05, 0) is 24.6 Å². The molecule has 0 saturated heterocycles. The summed E-state index contributed by atoms with van der Waals surface area (Å²) in [6.07, 6.45) is 6.54. The number of aromatic nitrogens is 3. The molecule has 0 aliphatic carbocycles. The van der Waals surface area contributed by atoms with Gasteiger partial charge in [-0.25, -0.2) is 5.10 Å². The number of hydrogen-bond acceptors (Lipinski definition) is 6. The van der Waals surface area contributed by atoms with Crippen molar-refractivity contribution in [2.24, 2.45) is 10.7 Å². The van der Waals surface area contributed by atoms with Gasteiger partial charge < -0.3 is 20.5 Å². The van der Waals surface area contributed by atoms with E-state index in [1.54, 1.807) is 12.2 Å². The van der Waals surface area contributed by atoms with E-state index in [1.165, 1.54) is 13.4 Å². The minimum atomic E-state index is -0.424. The largest absolute Gasteiger partial charge is 0.490 e. The highest BCUT2D eigenvalue weighted by Crippen LogP contribution is 2.06. The summed E-state index contributed by atoms with van der Waals surface area (Å²) in [5, 5.41) is 8.90. The molecule has 1 amide bonds. The number of H-pyrrole nitrogens is 1. The average Bonchev–Trinajstić information content (AvgIpc) is 3.12. The molecular weight excluding hydrogens is 312 g/mol. The zero-order valence-electron chi connectivity index (χ0n) is 13.8. The molecule has 0 fully saturated rings. The van der Waals surface area contributed by atoms with Crippen LogP contribution in [0.5, 0.6) is 6.01 Å². The maximum absolute atomic E-state index is 11.6. The van der Waals surface area contributed by atoms with E-state index >= 15 is 0 Å². The third-order valence-electron chi connectivity index (χ3n) is 2.81. The molecule has 130 valence electrons. The molecule has 0 bridgehead atoms. The van der Waals surface area contributed by atoms with Crippen LogP contribution in [-0.2, 0) is 9.53 Å². The lowest BCUT2D eigenvalue weighted by atomic mass is 10.2. The highest BCUT2D eigenvalue weighted by molar-refractivity contribution is 6.37. The molecule has 0 radical (unpaired) electrons. The van der Waals surface area contributed by atoms with Gasteiger partial charge in [-0.3, -0.25) is 9.79 Å². The second kappa shape index (κ2) is 10.6. The van der Waals surface area contributed by atoms with Crippen LogP contribution in [0, 0.1) is 0 Å². The summed E-state index contributed by atoms with van der Waals surface area (Å²) < 4.78 is 10.8. The van der Waals surface area contributed by atoms with Crippen LogP contribution >= 0.6 is 0 Å². The molecule has 1 heterocycles. The number of allylic oxidation sites excluding steroid dienone is 2. The average molecular weight is 334 g/mol. The normalized spacial score (nSPS) is 12.7. The molecule has 0 aliphatic heterocycles. The highest BCUT2D eigenvalue weighted by atomic mass is 16.5. The molecule has 0 atom stereocenters. The monoisotopic (exact) mass is 334 g/mol. The molecule has 4 N–H and O–H groups in total. The van der Waals surface area contributed by atoms with Gasteiger partial charge in [0.1, 0.15) is 25.3 Å². The lowest BCUT2D eigenvalue weighted by molar-refractivity contribution is -0.114. The van der Waals surface area contributed by atoms with Crippen molar-refractivity contribution < 1.29 is 14.3 Å². The molecule has 24 heavy (non-hydrogen) atoms. The Balaban J connectivity index is 2.45. The summed E-state index contributed by atoms with van der Waals surface area (Å²) in [5.74, 6) is 0.0571. The number of aliphatic imine (C=N–C) groups is 1. The van der Waals surface area contributed by atoms with E-state index in [2.05, 4.69) is 32.1 Å². The van der Waals surface area contributed by atoms with Gasteiger partial charge in [0, 0.05) is 13.6 Å².